The second-order valence-corrected chi connectivity index (χ2v) is 5.62. The van der Waals surface area contributed by atoms with Gasteiger partial charge in [-0.25, -0.2) is 10.5 Å². The van der Waals surface area contributed by atoms with Crippen molar-refractivity contribution >= 4 is 17.4 Å². The van der Waals surface area contributed by atoms with Crippen molar-refractivity contribution in [2.24, 2.45) is 0 Å². The van der Waals surface area contributed by atoms with Gasteiger partial charge in [0, 0.05) is 5.69 Å². The number of imidazole rings is 1. The number of hydroxylamine groups is 1. The Morgan fingerprint density at radius 1 is 1.32 bits per heavy atom. The lowest BCUT2D eigenvalue weighted by Crippen LogP contribution is -2.27. The number of amides is 1. The van der Waals surface area contributed by atoms with Crippen molar-refractivity contribution in [2.75, 3.05) is 11.9 Å². The number of unbranched alkanes of at least 4 members (excludes halogenated alkanes) is 2. The molecule has 0 spiro atoms. The third-order valence-electron chi connectivity index (χ3n) is 3.68. The molecule has 0 aliphatic rings. The standard InChI is InChI=1S/C16H24N4O2/c1-4-5-6-7-13-16(17-10-15(21)19-22)20-12(3)8-11(2)9-14(20)18-13/h8-9,17,22H,4-7,10H2,1-3H3,(H,19,21). The molecule has 0 saturated heterocycles. The zero-order valence-electron chi connectivity index (χ0n) is 13.4. The van der Waals surface area contributed by atoms with Crippen LogP contribution in [0.1, 0.15) is 43.1 Å². The van der Waals surface area contributed by atoms with Crippen molar-refractivity contribution in [1.29, 1.82) is 0 Å². The third kappa shape index (κ3) is 3.57. The summed E-state index contributed by atoms with van der Waals surface area (Å²) in [6.07, 6.45) is 4.25. The second-order valence-electron chi connectivity index (χ2n) is 5.62. The molecule has 0 fully saturated rings. The quantitative estimate of drug-likeness (QED) is 0.417. The number of hydrogen-bond donors (Lipinski definition) is 3. The minimum atomic E-state index is -0.473. The van der Waals surface area contributed by atoms with Gasteiger partial charge >= 0.3 is 0 Å². The Hall–Kier alpha value is -2.08. The Morgan fingerprint density at radius 3 is 2.77 bits per heavy atom. The lowest BCUT2D eigenvalue weighted by atomic mass is 10.1. The maximum atomic E-state index is 11.3. The van der Waals surface area contributed by atoms with Crippen molar-refractivity contribution in [3.8, 4) is 0 Å². The van der Waals surface area contributed by atoms with E-state index in [0.717, 1.165) is 54.1 Å². The third-order valence-corrected chi connectivity index (χ3v) is 3.68. The van der Waals surface area contributed by atoms with E-state index < -0.39 is 5.91 Å². The number of aryl methyl sites for hydroxylation is 3. The summed E-state index contributed by atoms with van der Waals surface area (Å²) in [7, 11) is 0. The topological polar surface area (TPSA) is 78.7 Å². The largest absolute Gasteiger partial charge is 0.360 e. The minimum Gasteiger partial charge on any atom is -0.360 e. The number of carbonyl (C=O) groups is 1. The van der Waals surface area contributed by atoms with Crippen molar-refractivity contribution in [3.05, 3.63) is 29.1 Å². The molecule has 0 atom stereocenters. The Labute approximate surface area is 130 Å². The fourth-order valence-electron chi connectivity index (χ4n) is 2.68. The average molecular weight is 304 g/mol. The van der Waals surface area contributed by atoms with Crippen LogP contribution in [0.5, 0.6) is 0 Å². The number of fused-ring (bicyclic) bond motifs is 1. The van der Waals surface area contributed by atoms with Gasteiger partial charge in [-0.2, -0.15) is 0 Å². The van der Waals surface area contributed by atoms with Gasteiger partial charge in [-0.1, -0.05) is 19.8 Å². The van der Waals surface area contributed by atoms with Crippen LogP contribution in [0.2, 0.25) is 0 Å². The number of nitrogens with zero attached hydrogens (tertiary/aromatic N) is 2. The van der Waals surface area contributed by atoms with E-state index in [-0.39, 0.29) is 6.54 Å². The molecule has 2 rings (SSSR count). The van der Waals surface area contributed by atoms with E-state index in [1.54, 1.807) is 5.48 Å². The van der Waals surface area contributed by atoms with Crippen LogP contribution in [0.4, 0.5) is 5.82 Å². The lowest BCUT2D eigenvalue weighted by molar-refractivity contribution is -0.127. The van der Waals surface area contributed by atoms with Gasteiger partial charge in [-0.05, 0) is 44.4 Å². The fraction of sp³-hybridized carbons (Fsp3) is 0.500. The maximum absolute atomic E-state index is 11.3. The van der Waals surface area contributed by atoms with Crippen molar-refractivity contribution in [2.45, 2.75) is 46.5 Å². The highest BCUT2D eigenvalue weighted by Crippen LogP contribution is 2.23. The molecule has 1 amide bonds. The molecule has 0 aliphatic carbocycles. The molecule has 6 nitrogen and oxygen atoms in total. The predicted octanol–water partition coefficient (Wildman–Crippen LogP) is 2.60. The minimum absolute atomic E-state index is 0.0123. The van der Waals surface area contributed by atoms with Gasteiger partial charge in [0.25, 0.3) is 5.91 Å². The van der Waals surface area contributed by atoms with Crippen molar-refractivity contribution < 1.29 is 10.0 Å². The van der Waals surface area contributed by atoms with Crippen molar-refractivity contribution in [3.63, 3.8) is 0 Å². The van der Waals surface area contributed by atoms with Crippen LogP contribution in [0.15, 0.2) is 12.1 Å². The number of nitrogens with one attached hydrogen (secondary N) is 2. The molecule has 2 aromatic rings. The molecule has 0 unspecified atom stereocenters. The summed E-state index contributed by atoms with van der Waals surface area (Å²) in [4.78, 5) is 16.0. The van der Waals surface area contributed by atoms with E-state index in [1.807, 2.05) is 24.3 Å². The van der Waals surface area contributed by atoms with Gasteiger partial charge < -0.3 is 5.32 Å². The van der Waals surface area contributed by atoms with E-state index in [9.17, 15) is 4.79 Å². The Kier molecular flexibility index (Phi) is 5.38. The van der Waals surface area contributed by atoms with Crippen LogP contribution >= 0.6 is 0 Å². The molecule has 0 aromatic carbocycles. The van der Waals surface area contributed by atoms with Gasteiger partial charge in [0.2, 0.25) is 0 Å². The van der Waals surface area contributed by atoms with E-state index >= 15 is 0 Å². The smallest absolute Gasteiger partial charge is 0.262 e. The second kappa shape index (κ2) is 7.26. The summed E-state index contributed by atoms with van der Waals surface area (Å²) in [6, 6.07) is 4.12. The van der Waals surface area contributed by atoms with Crippen LogP contribution in [0.25, 0.3) is 5.65 Å². The molecule has 2 aromatic heterocycles. The Balaban J connectivity index is 2.37. The highest BCUT2D eigenvalue weighted by atomic mass is 16.5. The molecule has 120 valence electrons. The molecule has 0 aliphatic heterocycles. The number of carbonyl (C=O) groups excluding carboxylic acids is 1. The van der Waals surface area contributed by atoms with Gasteiger partial charge in [0.15, 0.2) is 0 Å². The van der Waals surface area contributed by atoms with Crippen LogP contribution < -0.4 is 10.8 Å². The molecule has 0 bridgehead atoms. The molecule has 22 heavy (non-hydrogen) atoms. The molecular weight excluding hydrogens is 280 g/mol. The Morgan fingerprint density at radius 2 is 2.09 bits per heavy atom. The van der Waals surface area contributed by atoms with Gasteiger partial charge in [-0.3, -0.25) is 14.4 Å². The van der Waals surface area contributed by atoms with Gasteiger partial charge in [0.1, 0.15) is 11.5 Å². The normalized spacial score (nSPS) is 10.9. The summed E-state index contributed by atoms with van der Waals surface area (Å²) >= 11 is 0. The number of aromatic nitrogens is 2. The Bertz CT molecular complexity index is 664. The van der Waals surface area contributed by atoms with E-state index in [2.05, 4.69) is 18.3 Å². The number of pyridine rings is 1. The van der Waals surface area contributed by atoms with Crippen LogP contribution in [0.3, 0.4) is 0 Å². The molecule has 2 heterocycles. The first-order valence-electron chi connectivity index (χ1n) is 7.72. The monoisotopic (exact) mass is 304 g/mol. The van der Waals surface area contributed by atoms with Crippen LogP contribution in [0, 0.1) is 13.8 Å². The van der Waals surface area contributed by atoms with E-state index in [0.29, 0.717) is 0 Å². The first-order chi connectivity index (χ1) is 10.6. The summed E-state index contributed by atoms with van der Waals surface area (Å²) in [5.41, 5.74) is 5.72. The van der Waals surface area contributed by atoms with E-state index in [4.69, 9.17) is 10.2 Å². The highest BCUT2D eigenvalue weighted by molar-refractivity contribution is 5.79. The molecule has 6 heteroatoms. The zero-order chi connectivity index (χ0) is 16.1. The maximum Gasteiger partial charge on any atom is 0.262 e. The number of rotatable bonds is 7. The molecule has 0 radical (unpaired) electrons. The SMILES string of the molecule is CCCCCc1nc2cc(C)cc(C)n2c1NCC(=O)NO. The fourth-order valence-corrected chi connectivity index (χ4v) is 2.68. The first kappa shape index (κ1) is 16.3. The number of hydrogen-bond acceptors (Lipinski definition) is 4. The summed E-state index contributed by atoms with van der Waals surface area (Å²) < 4.78 is 2.03. The molecular formula is C16H24N4O2. The molecule has 3 N–H and O–H groups in total. The van der Waals surface area contributed by atoms with Crippen molar-refractivity contribution in [1.82, 2.24) is 14.9 Å². The lowest BCUT2D eigenvalue weighted by Gasteiger charge is -2.10. The highest BCUT2D eigenvalue weighted by Gasteiger charge is 2.14. The van der Waals surface area contributed by atoms with Gasteiger partial charge in [0.05, 0.1) is 12.2 Å². The summed E-state index contributed by atoms with van der Waals surface area (Å²) in [5.74, 6) is 0.367. The summed E-state index contributed by atoms with van der Waals surface area (Å²) in [6.45, 7) is 6.25. The first-order valence-corrected chi connectivity index (χ1v) is 7.72. The zero-order valence-corrected chi connectivity index (χ0v) is 13.4. The van der Waals surface area contributed by atoms with E-state index in [1.165, 1.54) is 0 Å². The molecule has 0 saturated carbocycles. The van der Waals surface area contributed by atoms with Crippen LogP contribution in [-0.4, -0.2) is 27.0 Å². The number of anilines is 1. The van der Waals surface area contributed by atoms with Crippen LogP contribution in [-0.2, 0) is 11.2 Å². The summed E-state index contributed by atoms with van der Waals surface area (Å²) in [5, 5.41) is 11.8. The van der Waals surface area contributed by atoms with Gasteiger partial charge in [-0.15, -0.1) is 0 Å². The average Bonchev–Trinajstić information content (AvgIpc) is 2.82. The predicted molar refractivity (Wildman–Crippen MR) is 86.3 cm³/mol.